The second-order valence-electron chi connectivity index (χ2n) is 7.45. The first-order valence-corrected chi connectivity index (χ1v) is 9.03. The topological polar surface area (TPSA) is 32.3 Å². The maximum absolute atomic E-state index is 12.5. The molecule has 0 aliphatic heterocycles. The SMILES string of the molecule is CCN(CC)c1ccc(NC(=O)c2ccc(C(C)(C)C)cc2)c(C)c1. The van der Waals surface area contributed by atoms with Crippen LogP contribution in [0.3, 0.4) is 0 Å². The van der Waals surface area contributed by atoms with E-state index in [-0.39, 0.29) is 11.3 Å². The van der Waals surface area contributed by atoms with Gasteiger partial charge in [0.25, 0.3) is 5.91 Å². The second kappa shape index (κ2) is 7.73. The van der Waals surface area contributed by atoms with E-state index in [4.69, 9.17) is 0 Å². The van der Waals surface area contributed by atoms with Gasteiger partial charge in [-0.2, -0.15) is 0 Å². The molecule has 2 rings (SSSR count). The Labute approximate surface area is 152 Å². The van der Waals surface area contributed by atoms with Crippen molar-refractivity contribution < 1.29 is 4.79 Å². The normalized spacial score (nSPS) is 11.3. The van der Waals surface area contributed by atoms with Gasteiger partial charge in [-0.1, -0.05) is 32.9 Å². The minimum atomic E-state index is -0.0702. The molecule has 0 unspecified atom stereocenters. The maximum Gasteiger partial charge on any atom is 0.255 e. The van der Waals surface area contributed by atoms with Gasteiger partial charge < -0.3 is 10.2 Å². The van der Waals surface area contributed by atoms with Gasteiger partial charge in [-0.15, -0.1) is 0 Å². The highest BCUT2D eigenvalue weighted by molar-refractivity contribution is 6.04. The summed E-state index contributed by atoms with van der Waals surface area (Å²) in [6.07, 6.45) is 0. The molecule has 0 heterocycles. The van der Waals surface area contributed by atoms with Gasteiger partial charge in [-0.05, 0) is 67.6 Å². The fourth-order valence-electron chi connectivity index (χ4n) is 2.89. The standard InChI is InChI=1S/C22H30N2O/c1-7-24(8-2)19-13-14-20(16(3)15-19)23-21(25)17-9-11-18(12-10-17)22(4,5)6/h9-15H,7-8H2,1-6H3,(H,23,25). The molecule has 134 valence electrons. The molecule has 1 N–H and O–H groups in total. The number of hydrogen-bond acceptors (Lipinski definition) is 2. The molecule has 0 bridgehead atoms. The van der Waals surface area contributed by atoms with Gasteiger partial charge in [0, 0.05) is 30.0 Å². The Morgan fingerprint density at radius 2 is 1.60 bits per heavy atom. The molecule has 0 aromatic heterocycles. The second-order valence-corrected chi connectivity index (χ2v) is 7.45. The molecule has 0 aliphatic carbocycles. The summed E-state index contributed by atoms with van der Waals surface area (Å²) in [5.74, 6) is -0.0702. The summed E-state index contributed by atoms with van der Waals surface area (Å²) in [5.41, 5.74) is 5.12. The lowest BCUT2D eigenvalue weighted by Crippen LogP contribution is -2.22. The summed E-state index contributed by atoms with van der Waals surface area (Å²) in [6, 6.07) is 14.1. The zero-order valence-electron chi connectivity index (χ0n) is 16.3. The van der Waals surface area contributed by atoms with Crippen LogP contribution < -0.4 is 10.2 Å². The first-order valence-electron chi connectivity index (χ1n) is 9.03. The van der Waals surface area contributed by atoms with Gasteiger partial charge in [0.05, 0.1) is 0 Å². The Bertz CT molecular complexity index is 723. The molecule has 0 aliphatic rings. The van der Waals surface area contributed by atoms with Crippen molar-refractivity contribution in [3.05, 3.63) is 59.2 Å². The van der Waals surface area contributed by atoms with Crippen molar-refractivity contribution in [2.45, 2.75) is 47.0 Å². The quantitative estimate of drug-likeness (QED) is 0.792. The highest BCUT2D eigenvalue weighted by Crippen LogP contribution is 2.24. The molecule has 1 amide bonds. The summed E-state index contributed by atoms with van der Waals surface area (Å²) in [7, 11) is 0. The molecular weight excluding hydrogens is 308 g/mol. The first kappa shape index (κ1) is 19.0. The number of aryl methyl sites for hydroxylation is 1. The average Bonchev–Trinajstić information content (AvgIpc) is 2.57. The molecule has 0 atom stereocenters. The number of nitrogens with zero attached hydrogens (tertiary/aromatic N) is 1. The minimum absolute atomic E-state index is 0.0702. The van der Waals surface area contributed by atoms with Crippen LogP contribution in [0.4, 0.5) is 11.4 Å². The third-order valence-corrected chi connectivity index (χ3v) is 4.60. The fraction of sp³-hybridized carbons (Fsp3) is 0.409. The third-order valence-electron chi connectivity index (χ3n) is 4.60. The summed E-state index contributed by atoms with van der Waals surface area (Å²) < 4.78 is 0. The van der Waals surface area contributed by atoms with Crippen molar-refractivity contribution in [3.8, 4) is 0 Å². The summed E-state index contributed by atoms with van der Waals surface area (Å²) >= 11 is 0. The molecule has 0 radical (unpaired) electrons. The van der Waals surface area contributed by atoms with E-state index in [1.807, 2.05) is 37.3 Å². The number of hydrogen-bond donors (Lipinski definition) is 1. The van der Waals surface area contributed by atoms with E-state index in [0.29, 0.717) is 5.56 Å². The number of carbonyl (C=O) groups excluding carboxylic acids is 1. The Balaban J connectivity index is 2.15. The van der Waals surface area contributed by atoms with Crippen LogP contribution in [0.2, 0.25) is 0 Å². The lowest BCUT2D eigenvalue weighted by Gasteiger charge is -2.22. The van der Waals surface area contributed by atoms with Crippen LogP contribution in [0.1, 0.15) is 56.1 Å². The highest BCUT2D eigenvalue weighted by Gasteiger charge is 2.15. The Morgan fingerprint density at radius 1 is 1.00 bits per heavy atom. The van der Waals surface area contributed by atoms with E-state index in [1.54, 1.807) is 0 Å². The number of rotatable bonds is 5. The molecule has 3 heteroatoms. The van der Waals surface area contributed by atoms with Crippen molar-refractivity contribution in [2.24, 2.45) is 0 Å². The zero-order valence-corrected chi connectivity index (χ0v) is 16.3. The van der Waals surface area contributed by atoms with Crippen molar-refractivity contribution in [3.63, 3.8) is 0 Å². The minimum Gasteiger partial charge on any atom is -0.372 e. The van der Waals surface area contributed by atoms with Crippen LogP contribution in [0.25, 0.3) is 0 Å². The zero-order chi connectivity index (χ0) is 18.6. The molecule has 0 saturated heterocycles. The molecule has 2 aromatic rings. The highest BCUT2D eigenvalue weighted by atomic mass is 16.1. The number of amides is 1. The lowest BCUT2D eigenvalue weighted by molar-refractivity contribution is 0.102. The van der Waals surface area contributed by atoms with Crippen molar-refractivity contribution in [1.82, 2.24) is 0 Å². The van der Waals surface area contributed by atoms with Crippen molar-refractivity contribution >= 4 is 17.3 Å². The molecule has 25 heavy (non-hydrogen) atoms. The van der Waals surface area contributed by atoms with Gasteiger partial charge in [0.1, 0.15) is 0 Å². The maximum atomic E-state index is 12.5. The van der Waals surface area contributed by atoms with E-state index in [0.717, 1.165) is 24.3 Å². The third kappa shape index (κ3) is 4.62. The largest absolute Gasteiger partial charge is 0.372 e. The summed E-state index contributed by atoms with van der Waals surface area (Å²) in [4.78, 5) is 14.8. The molecule has 0 saturated carbocycles. The lowest BCUT2D eigenvalue weighted by atomic mass is 9.87. The van der Waals surface area contributed by atoms with Crippen molar-refractivity contribution in [1.29, 1.82) is 0 Å². The van der Waals surface area contributed by atoms with Crippen LogP contribution in [-0.4, -0.2) is 19.0 Å². The van der Waals surface area contributed by atoms with Crippen LogP contribution in [-0.2, 0) is 5.41 Å². The monoisotopic (exact) mass is 338 g/mol. The summed E-state index contributed by atoms with van der Waals surface area (Å²) in [6.45, 7) is 14.8. The van der Waals surface area contributed by atoms with E-state index in [1.165, 1.54) is 11.3 Å². The summed E-state index contributed by atoms with van der Waals surface area (Å²) in [5, 5.41) is 3.03. The molecular formula is C22H30N2O. The van der Waals surface area contributed by atoms with Crippen LogP contribution in [0.15, 0.2) is 42.5 Å². The number of benzene rings is 2. The molecule has 3 nitrogen and oxygen atoms in total. The smallest absolute Gasteiger partial charge is 0.255 e. The van der Waals surface area contributed by atoms with Crippen molar-refractivity contribution in [2.75, 3.05) is 23.3 Å². The van der Waals surface area contributed by atoms with E-state index in [2.05, 4.69) is 57.0 Å². The van der Waals surface area contributed by atoms with Gasteiger partial charge in [-0.3, -0.25) is 4.79 Å². The van der Waals surface area contributed by atoms with Crippen LogP contribution in [0.5, 0.6) is 0 Å². The molecule has 0 spiro atoms. The Hall–Kier alpha value is -2.29. The van der Waals surface area contributed by atoms with Gasteiger partial charge in [0.2, 0.25) is 0 Å². The number of carbonyl (C=O) groups is 1. The molecule has 0 fully saturated rings. The fourth-order valence-corrected chi connectivity index (χ4v) is 2.89. The van der Waals surface area contributed by atoms with Crippen LogP contribution in [0, 0.1) is 6.92 Å². The van der Waals surface area contributed by atoms with Crippen LogP contribution >= 0.6 is 0 Å². The predicted molar refractivity (Wildman–Crippen MR) is 108 cm³/mol. The van der Waals surface area contributed by atoms with Gasteiger partial charge >= 0.3 is 0 Å². The number of anilines is 2. The van der Waals surface area contributed by atoms with E-state index >= 15 is 0 Å². The Kier molecular flexibility index (Phi) is 5.89. The molecule has 2 aromatic carbocycles. The van der Waals surface area contributed by atoms with E-state index in [9.17, 15) is 4.79 Å². The first-order chi connectivity index (χ1) is 11.8. The predicted octanol–water partition coefficient (Wildman–Crippen LogP) is 5.39. The Morgan fingerprint density at radius 3 is 2.08 bits per heavy atom. The van der Waals surface area contributed by atoms with Gasteiger partial charge in [-0.25, -0.2) is 0 Å². The number of nitrogens with one attached hydrogen (secondary N) is 1. The van der Waals surface area contributed by atoms with Gasteiger partial charge in [0.15, 0.2) is 0 Å². The average molecular weight is 338 g/mol. The van der Waals surface area contributed by atoms with E-state index < -0.39 is 0 Å².